The van der Waals surface area contributed by atoms with E-state index < -0.39 is 5.78 Å². The van der Waals surface area contributed by atoms with Crippen molar-refractivity contribution < 1.29 is 14.5 Å². The van der Waals surface area contributed by atoms with Crippen molar-refractivity contribution >= 4 is 11.6 Å². The maximum Gasteiger partial charge on any atom is 0.220 e. The summed E-state index contributed by atoms with van der Waals surface area (Å²) in [5.41, 5.74) is 8.67. The normalized spacial score (nSPS) is 12.5. The molecule has 0 spiro atoms. The number of unbranched alkanes of at least 4 members (excludes halogenated alkanes) is 1. The van der Waals surface area contributed by atoms with Crippen LogP contribution in [0.3, 0.4) is 0 Å². The van der Waals surface area contributed by atoms with Crippen LogP contribution in [0, 0.1) is 5.21 Å². The number of rotatable bonds is 5. The third kappa shape index (κ3) is 2.43. The van der Waals surface area contributed by atoms with Crippen molar-refractivity contribution in [2.24, 2.45) is 5.11 Å². The zero-order chi connectivity index (χ0) is 16.4. The zero-order valence-electron chi connectivity index (χ0n) is 12.0. The molecule has 1 aliphatic rings. The molecule has 0 unspecified atom stereocenters. The van der Waals surface area contributed by atoms with Gasteiger partial charge in [0, 0.05) is 32.6 Å². The Labute approximate surface area is 130 Å². The van der Waals surface area contributed by atoms with Crippen LogP contribution in [-0.4, -0.2) is 27.9 Å². The molecule has 0 fully saturated rings. The lowest BCUT2D eigenvalue weighted by Gasteiger charge is -2.12. The molecule has 3 rings (SSSR count). The number of benzene rings is 1. The van der Waals surface area contributed by atoms with Crippen molar-refractivity contribution in [3.05, 3.63) is 62.4 Å². The number of carbonyl (C=O) groups is 2. The first kappa shape index (κ1) is 14.7. The minimum Gasteiger partial charge on any atom is -0.571 e. The molecule has 9 nitrogen and oxygen atoms in total. The Balaban J connectivity index is 1.93. The average Bonchev–Trinajstić information content (AvgIpc) is 2.90. The van der Waals surface area contributed by atoms with Gasteiger partial charge in [0.25, 0.3) is 0 Å². The number of nitrogens with zero attached hydrogens (tertiary/aromatic N) is 6. The Bertz CT molecular complexity index is 850. The van der Waals surface area contributed by atoms with Crippen molar-refractivity contribution in [3.63, 3.8) is 0 Å². The van der Waals surface area contributed by atoms with Crippen molar-refractivity contribution in [2.75, 3.05) is 6.54 Å². The quantitative estimate of drug-likeness (QED) is 0.176. The van der Waals surface area contributed by atoms with E-state index in [1.165, 1.54) is 0 Å². The van der Waals surface area contributed by atoms with Gasteiger partial charge in [-0.15, -0.1) is 4.68 Å². The van der Waals surface area contributed by atoms with Gasteiger partial charge in [0.15, 0.2) is 5.69 Å². The highest BCUT2D eigenvalue weighted by molar-refractivity contribution is 6.26. The fourth-order valence-corrected chi connectivity index (χ4v) is 2.59. The number of carbonyl (C=O) groups excluding carboxylic acids is 2. The van der Waals surface area contributed by atoms with Gasteiger partial charge in [0.1, 0.15) is 0 Å². The van der Waals surface area contributed by atoms with Gasteiger partial charge < -0.3 is 5.21 Å². The van der Waals surface area contributed by atoms with Gasteiger partial charge >= 0.3 is 0 Å². The lowest BCUT2D eigenvalue weighted by atomic mass is 9.90. The molecule has 2 aromatic rings. The number of hydrogen-bond acceptors (Lipinski definition) is 5. The number of fused-ring (bicyclic) bond motifs is 2. The first-order valence-corrected chi connectivity index (χ1v) is 7.05. The fourth-order valence-electron chi connectivity index (χ4n) is 2.59. The second-order valence-electron chi connectivity index (χ2n) is 5.04. The third-order valence-corrected chi connectivity index (χ3v) is 3.66. The number of aromatic nitrogens is 3. The molecule has 0 amide bonds. The third-order valence-electron chi connectivity index (χ3n) is 3.66. The Morgan fingerprint density at radius 3 is 2.61 bits per heavy atom. The predicted octanol–water partition coefficient (Wildman–Crippen LogP) is 1.38. The van der Waals surface area contributed by atoms with Gasteiger partial charge in [-0.05, 0) is 18.4 Å². The van der Waals surface area contributed by atoms with Crippen molar-refractivity contribution in [3.8, 4) is 0 Å². The molecule has 1 aromatic carbocycles. The second kappa shape index (κ2) is 5.90. The van der Waals surface area contributed by atoms with E-state index in [2.05, 4.69) is 15.1 Å². The van der Waals surface area contributed by atoms with Crippen LogP contribution in [0.25, 0.3) is 10.4 Å². The molecule has 0 N–H and O–H groups in total. The van der Waals surface area contributed by atoms with Crippen molar-refractivity contribution in [2.45, 2.75) is 19.4 Å². The Hall–Kier alpha value is -3.19. The predicted molar refractivity (Wildman–Crippen MR) is 77.7 cm³/mol. The summed E-state index contributed by atoms with van der Waals surface area (Å²) in [5.74, 6) is -0.806. The molecule has 0 saturated heterocycles. The number of azide groups is 1. The molecule has 0 saturated carbocycles. The smallest absolute Gasteiger partial charge is 0.220 e. The van der Waals surface area contributed by atoms with Crippen LogP contribution in [0.15, 0.2) is 29.4 Å². The first-order valence-electron chi connectivity index (χ1n) is 7.05. The maximum absolute atomic E-state index is 12.6. The highest BCUT2D eigenvalue weighted by Crippen LogP contribution is 2.25. The van der Waals surface area contributed by atoms with E-state index in [0.29, 0.717) is 19.4 Å². The summed E-state index contributed by atoms with van der Waals surface area (Å²) in [6.45, 7) is 0.524. The molecule has 1 aromatic heterocycles. The van der Waals surface area contributed by atoms with Crippen LogP contribution < -0.4 is 4.96 Å². The monoisotopic (exact) mass is 312 g/mol. The molecule has 1 heterocycles. The highest BCUT2D eigenvalue weighted by Gasteiger charge is 2.38. The lowest BCUT2D eigenvalue weighted by Crippen LogP contribution is -2.41. The molecule has 23 heavy (non-hydrogen) atoms. The van der Waals surface area contributed by atoms with Crippen LogP contribution in [0.2, 0.25) is 0 Å². The summed E-state index contributed by atoms with van der Waals surface area (Å²) in [6, 6.07) is 6.44. The average molecular weight is 312 g/mol. The Morgan fingerprint density at radius 2 is 1.91 bits per heavy atom. The van der Waals surface area contributed by atoms with E-state index in [0.717, 1.165) is 4.68 Å². The summed E-state index contributed by atoms with van der Waals surface area (Å²) in [5, 5.41) is 19.0. The Kier molecular flexibility index (Phi) is 3.78. The lowest BCUT2D eigenvalue weighted by molar-refractivity contribution is -0.749. The van der Waals surface area contributed by atoms with Crippen molar-refractivity contribution in [1.29, 1.82) is 0 Å². The van der Waals surface area contributed by atoms with Gasteiger partial charge in [-0.25, -0.2) is 0 Å². The summed E-state index contributed by atoms with van der Waals surface area (Å²) >= 11 is 0. The van der Waals surface area contributed by atoms with Gasteiger partial charge in [-0.2, -0.15) is 0 Å². The van der Waals surface area contributed by atoms with Gasteiger partial charge in [0.2, 0.25) is 17.3 Å². The van der Waals surface area contributed by atoms with E-state index in [9.17, 15) is 14.8 Å². The molecule has 1 aliphatic carbocycles. The summed E-state index contributed by atoms with van der Waals surface area (Å²) in [4.78, 5) is 27.9. The number of ketones is 2. The van der Waals surface area contributed by atoms with Crippen molar-refractivity contribution in [1.82, 2.24) is 9.78 Å². The van der Waals surface area contributed by atoms with E-state index in [1.54, 1.807) is 24.3 Å². The summed E-state index contributed by atoms with van der Waals surface area (Å²) in [7, 11) is 0. The topological polar surface area (TPSA) is 128 Å². The second-order valence-corrected chi connectivity index (χ2v) is 5.04. The minimum atomic E-state index is -0.423. The van der Waals surface area contributed by atoms with Gasteiger partial charge in [-0.3, -0.25) is 9.59 Å². The number of hydrogen-bond donors (Lipinski definition) is 0. The molecule has 0 atom stereocenters. The van der Waals surface area contributed by atoms with E-state index >= 15 is 0 Å². The largest absolute Gasteiger partial charge is 0.571 e. The van der Waals surface area contributed by atoms with Crippen LogP contribution >= 0.6 is 0 Å². The van der Waals surface area contributed by atoms with Gasteiger partial charge in [0.05, 0.1) is 6.54 Å². The fraction of sp³-hybridized carbons (Fsp3) is 0.286. The molecule has 9 heteroatoms. The van der Waals surface area contributed by atoms with Crippen LogP contribution in [0.1, 0.15) is 44.9 Å². The van der Waals surface area contributed by atoms with Crippen LogP contribution in [-0.2, 0) is 6.54 Å². The van der Waals surface area contributed by atoms with E-state index in [-0.39, 0.29) is 39.8 Å². The first-order chi connectivity index (χ1) is 11.1. The Morgan fingerprint density at radius 1 is 1.22 bits per heavy atom. The SMILES string of the molecule is [N-]=[N+]=NCCCCn1c2c(n[n+]1[O-])C(=O)c1ccccc1C2=O. The van der Waals surface area contributed by atoms with Crippen LogP contribution in [0.4, 0.5) is 0 Å². The van der Waals surface area contributed by atoms with E-state index in [4.69, 9.17) is 5.53 Å². The van der Waals surface area contributed by atoms with Crippen LogP contribution in [0.5, 0.6) is 0 Å². The maximum atomic E-state index is 12.6. The standard InChI is InChI=1S/C14H12N6O3/c15-18-16-7-3-4-8-19-12-11(17-20(19)23)13(21)9-5-1-2-6-10(9)14(12)22/h1-2,5-6H,3-4,7-8H2. The molecule has 0 radical (unpaired) electrons. The highest BCUT2D eigenvalue weighted by atomic mass is 16.5. The van der Waals surface area contributed by atoms with Gasteiger partial charge in [-0.1, -0.05) is 29.4 Å². The molecule has 0 aliphatic heterocycles. The zero-order valence-corrected chi connectivity index (χ0v) is 12.0. The minimum absolute atomic E-state index is 0.0208. The van der Waals surface area contributed by atoms with E-state index in [1.807, 2.05) is 0 Å². The molecule has 0 bridgehead atoms. The summed E-state index contributed by atoms with van der Waals surface area (Å²) in [6.07, 6.45) is 1.09. The molecular formula is C14H12N6O3. The molecular weight excluding hydrogens is 300 g/mol. The summed E-state index contributed by atoms with van der Waals surface area (Å²) < 4.78 is 1.15. The molecule has 116 valence electrons.